The number of aliphatic hydroxyl groups is 1. The van der Waals surface area contributed by atoms with Crippen LogP contribution in [0.5, 0.6) is 0 Å². The zero-order valence-corrected chi connectivity index (χ0v) is 12.4. The van der Waals surface area contributed by atoms with E-state index in [2.05, 4.69) is 0 Å². The van der Waals surface area contributed by atoms with Crippen molar-refractivity contribution in [2.24, 2.45) is 5.92 Å². The van der Waals surface area contributed by atoms with Gasteiger partial charge in [-0.25, -0.2) is 0 Å². The lowest BCUT2D eigenvalue weighted by atomic mass is 10.2. The van der Waals surface area contributed by atoms with Crippen LogP contribution in [-0.4, -0.2) is 82.7 Å². The number of amides is 1. The van der Waals surface area contributed by atoms with E-state index in [1.807, 2.05) is 13.2 Å². The van der Waals surface area contributed by atoms with Gasteiger partial charge in [0.1, 0.15) is 0 Å². The second-order valence-corrected chi connectivity index (χ2v) is 5.95. The van der Waals surface area contributed by atoms with Crippen LogP contribution in [0.1, 0.15) is 6.92 Å². The molecule has 110 valence electrons. The molecule has 2 N–H and O–H groups in total. The fourth-order valence-electron chi connectivity index (χ4n) is 2.35. The van der Waals surface area contributed by atoms with Crippen LogP contribution in [0.25, 0.3) is 0 Å². The normalized spacial score (nSPS) is 24.8. The zero-order valence-electron chi connectivity index (χ0n) is 11.6. The summed E-state index contributed by atoms with van der Waals surface area (Å²) in [5.74, 6) is -0.235. The Hall–Kier alpha value is -0.790. The summed E-state index contributed by atoms with van der Waals surface area (Å²) in [7, 11) is 1.65. The maximum absolute atomic E-state index is 12.1. The molecule has 6 nitrogen and oxygen atoms in total. The Labute approximate surface area is 117 Å². The Morgan fingerprint density at radius 2 is 2.11 bits per heavy atom. The Balaban J connectivity index is 2.59. The summed E-state index contributed by atoms with van der Waals surface area (Å²) in [6.45, 7) is 2.41. The van der Waals surface area contributed by atoms with E-state index in [1.165, 1.54) is 0 Å². The predicted molar refractivity (Wildman–Crippen MR) is 74.2 cm³/mol. The molecule has 0 aliphatic carbocycles. The van der Waals surface area contributed by atoms with Gasteiger partial charge >= 0.3 is 5.97 Å². The van der Waals surface area contributed by atoms with Gasteiger partial charge in [-0.05, 0) is 13.3 Å². The van der Waals surface area contributed by atoms with E-state index in [1.54, 1.807) is 28.6 Å². The molecule has 0 saturated carbocycles. The van der Waals surface area contributed by atoms with Gasteiger partial charge in [0, 0.05) is 24.8 Å². The maximum Gasteiger partial charge on any atom is 0.317 e. The van der Waals surface area contributed by atoms with E-state index in [0.29, 0.717) is 6.54 Å². The number of nitrogens with zero attached hydrogens (tertiary/aromatic N) is 2. The maximum atomic E-state index is 12.1. The van der Waals surface area contributed by atoms with E-state index in [9.17, 15) is 14.7 Å². The van der Waals surface area contributed by atoms with Gasteiger partial charge < -0.3 is 15.1 Å². The van der Waals surface area contributed by atoms with Crippen molar-refractivity contribution in [3.63, 3.8) is 0 Å². The summed E-state index contributed by atoms with van der Waals surface area (Å²) in [6, 6.07) is -0.304. The number of carbonyl (C=O) groups is 2. The summed E-state index contributed by atoms with van der Waals surface area (Å²) >= 11 is 1.62. The number of likely N-dealkylation sites (tertiary alicyclic amines) is 1. The Kier molecular flexibility index (Phi) is 6.09. The molecule has 0 aromatic rings. The van der Waals surface area contributed by atoms with Crippen LogP contribution < -0.4 is 0 Å². The van der Waals surface area contributed by atoms with Gasteiger partial charge in [-0.3, -0.25) is 14.5 Å². The van der Waals surface area contributed by atoms with Crippen LogP contribution >= 0.6 is 11.8 Å². The van der Waals surface area contributed by atoms with Crippen LogP contribution in [-0.2, 0) is 9.59 Å². The number of aliphatic carboxylic acids is 1. The lowest BCUT2D eigenvalue weighted by Gasteiger charge is -2.25. The number of carboxylic acid groups (broad SMARTS) is 1. The Morgan fingerprint density at radius 3 is 2.63 bits per heavy atom. The van der Waals surface area contributed by atoms with Gasteiger partial charge in [0.05, 0.1) is 18.7 Å². The number of hydrogen-bond acceptors (Lipinski definition) is 5. The fourth-order valence-corrected chi connectivity index (χ4v) is 2.99. The first-order chi connectivity index (χ1) is 8.86. The summed E-state index contributed by atoms with van der Waals surface area (Å²) in [5.41, 5.74) is 0. The quantitative estimate of drug-likeness (QED) is 0.691. The Morgan fingerprint density at radius 1 is 1.47 bits per heavy atom. The third-order valence-electron chi connectivity index (χ3n) is 3.36. The summed E-state index contributed by atoms with van der Waals surface area (Å²) in [5, 5.41) is 18.7. The molecule has 1 rings (SSSR count). The first-order valence-corrected chi connectivity index (χ1v) is 7.64. The van der Waals surface area contributed by atoms with Crippen molar-refractivity contribution < 1.29 is 19.8 Å². The molecule has 0 aromatic carbocycles. The highest BCUT2D eigenvalue weighted by Crippen LogP contribution is 2.18. The topological polar surface area (TPSA) is 81.1 Å². The predicted octanol–water partition coefficient (Wildman–Crippen LogP) is -0.426. The summed E-state index contributed by atoms with van der Waals surface area (Å²) in [4.78, 5) is 26.0. The number of β-amino-alcohol motifs (C(OH)–C–C–N with tert-alkyl or cyclic N) is 1. The molecule has 1 fully saturated rings. The molecule has 1 saturated heterocycles. The van der Waals surface area contributed by atoms with E-state index in [-0.39, 0.29) is 31.0 Å². The molecule has 1 heterocycles. The second-order valence-electron chi connectivity index (χ2n) is 5.04. The van der Waals surface area contributed by atoms with Crippen LogP contribution in [0, 0.1) is 5.92 Å². The highest BCUT2D eigenvalue weighted by atomic mass is 32.2. The number of aliphatic hydroxyl groups excluding tert-OH is 1. The van der Waals surface area contributed by atoms with Gasteiger partial charge in [0.25, 0.3) is 0 Å². The summed E-state index contributed by atoms with van der Waals surface area (Å²) in [6.07, 6.45) is 1.27. The lowest BCUT2D eigenvalue weighted by molar-refractivity contribution is -0.138. The third kappa shape index (κ3) is 4.36. The molecule has 1 aliphatic rings. The lowest BCUT2D eigenvalue weighted by Crippen LogP contribution is -2.43. The largest absolute Gasteiger partial charge is 0.480 e. The van der Waals surface area contributed by atoms with E-state index in [0.717, 1.165) is 5.75 Å². The van der Waals surface area contributed by atoms with Crippen molar-refractivity contribution in [2.75, 3.05) is 38.7 Å². The fraction of sp³-hybridized carbons (Fsp3) is 0.833. The van der Waals surface area contributed by atoms with Crippen LogP contribution in [0.4, 0.5) is 0 Å². The molecule has 1 amide bonds. The SMILES string of the molecule is CSC[C@@H](C)C(=O)N1C[C@@H](O)[C@H](N(C)CC(=O)O)C1. The summed E-state index contributed by atoms with van der Waals surface area (Å²) < 4.78 is 0. The molecule has 0 radical (unpaired) electrons. The minimum Gasteiger partial charge on any atom is -0.480 e. The minimum absolute atomic E-state index is 0.0274. The zero-order chi connectivity index (χ0) is 14.6. The molecule has 7 heteroatoms. The van der Waals surface area contributed by atoms with Crippen molar-refractivity contribution in [2.45, 2.75) is 19.1 Å². The molecule has 0 bridgehead atoms. The van der Waals surface area contributed by atoms with Crippen molar-refractivity contribution in [3.8, 4) is 0 Å². The number of thioether (sulfide) groups is 1. The average Bonchev–Trinajstić information content (AvgIpc) is 2.69. The molecule has 19 heavy (non-hydrogen) atoms. The van der Waals surface area contributed by atoms with Gasteiger partial charge in [0.15, 0.2) is 0 Å². The van der Waals surface area contributed by atoms with E-state index in [4.69, 9.17) is 5.11 Å². The van der Waals surface area contributed by atoms with Gasteiger partial charge in [0.2, 0.25) is 5.91 Å². The van der Waals surface area contributed by atoms with E-state index >= 15 is 0 Å². The van der Waals surface area contributed by atoms with Crippen molar-refractivity contribution >= 4 is 23.6 Å². The van der Waals surface area contributed by atoms with Crippen molar-refractivity contribution in [1.29, 1.82) is 0 Å². The number of rotatable bonds is 6. The average molecular weight is 290 g/mol. The molecule has 0 spiro atoms. The molecule has 0 unspecified atom stereocenters. The first-order valence-electron chi connectivity index (χ1n) is 6.24. The molecule has 0 aromatic heterocycles. The molecule has 1 aliphatic heterocycles. The number of likely N-dealkylation sites (N-methyl/N-ethyl adjacent to an activating group) is 1. The number of hydrogen-bond donors (Lipinski definition) is 2. The van der Waals surface area contributed by atoms with Gasteiger partial charge in [-0.1, -0.05) is 6.92 Å². The Bertz CT molecular complexity index is 340. The molecular weight excluding hydrogens is 268 g/mol. The first kappa shape index (κ1) is 16.3. The van der Waals surface area contributed by atoms with E-state index < -0.39 is 12.1 Å². The highest BCUT2D eigenvalue weighted by Gasteiger charge is 2.37. The van der Waals surface area contributed by atoms with Crippen molar-refractivity contribution in [3.05, 3.63) is 0 Å². The van der Waals surface area contributed by atoms with Crippen LogP contribution in [0.3, 0.4) is 0 Å². The third-order valence-corrected chi connectivity index (χ3v) is 4.19. The van der Waals surface area contributed by atoms with Crippen LogP contribution in [0.15, 0.2) is 0 Å². The second kappa shape index (κ2) is 7.12. The molecular formula is C12H22N2O4S. The van der Waals surface area contributed by atoms with Crippen LogP contribution in [0.2, 0.25) is 0 Å². The highest BCUT2D eigenvalue weighted by molar-refractivity contribution is 7.98. The minimum atomic E-state index is -0.935. The number of carboxylic acids is 1. The smallest absolute Gasteiger partial charge is 0.317 e. The number of carbonyl (C=O) groups excluding carboxylic acids is 1. The standard InChI is InChI=1S/C12H22N2O4S/c1-8(7-19-3)12(18)14-4-9(10(15)5-14)13(2)6-11(16)17/h8-10,15H,4-7H2,1-3H3,(H,16,17)/t8-,9-,10-/m1/s1. The van der Waals surface area contributed by atoms with Gasteiger partial charge in [-0.15, -0.1) is 0 Å². The van der Waals surface area contributed by atoms with Gasteiger partial charge in [-0.2, -0.15) is 11.8 Å². The monoisotopic (exact) mass is 290 g/mol. The molecule has 3 atom stereocenters. The van der Waals surface area contributed by atoms with Crippen molar-refractivity contribution in [1.82, 2.24) is 9.80 Å².